The summed E-state index contributed by atoms with van der Waals surface area (Å²) < 4.78 is 10.5. The first kappa shape index (κ1) is 15.3. The average Bonchev–Trinajstić information content (AvgIpc) is 2.40. The van der Waals surface area contributed by atoms with Gasteiger partial charge in [-0.1, -0.05) is 13.3 Å². The van der Waals surface area contributed by atoms with E-state index in [1.54, 1.807) is 18.2 Å². The molecular weight excluding hydrogens is 244 g/mol. The molecule has 106 valence electrons. The van der Waals surface area contributed by atoms with Crippen molar-refractivity contribution in [1.82, 2.24) is 0 Å². The molecule has 0 aliphatic rings. The first-order valence-electron chi connectivity index (χ1n) is 6.48. The lowest BCUT2D eigenvalue weighted by Gasteiger charge is -2.10. The molecule has 0 heterocycles. The number of methoxy groups -OCH3 is 1. The number of rotatable bonds is 8. The van der Waals surface area contributed by atoms with Gasteiger partial charge in [-0.15, -0.1) is 0 Å². The second-order valence-corrected chi connectivity index (χ2v) is 4.22. The summed E-state index contributed by atoms with van der Waals surface area (Å²) in [6, 6.07) is 5.12. The van der Waals surface area contributed by atoms with E-state index in [-0.39, 0.29) is 5.91 Å². The van der Waals surface area contributed by atoms with Crippen LogP contribution in [0.15, 0.2) is 18.2 Å². The molecule has 1 rings (SSSR count). The first-order chi connectivity index (χ1) is 9.17. The molecule has 1 amide bonds. The molecule has 0 atom stereocenters. The van der Waals surface area contributed by atoms with E-state index in [9.17, 15) is 4.79 Å². The molecule has 0 aromatic heterocycles. The van der Waals surface area contributed by atoms with E-state index >= 15 is 0 Å². The van der Waals surface area contributed by atoms with Crippen molar-refractivity contribution in [2.75, 3.05) is 31.4 Å². The van der Waals surface area contributed by atoms with Gasteiger partial charge in [0.2, 0.25) is 5.91 Å². The maximum Gasteiger partial charge on any atom is 0.226 e. The van der Waals surface area contributed by atoms with Crippen LogP contribution in [0.4, 0.5) is 11.4 Å². The molecule has 1 aromatic carbocycles. The summed E-state index contributed by atoms with van der Waals surface area (Å²) in [5.41, 5.74) is 6.86. The van der Waals surface area contributed by atoms with Crippen LogP contribution in [-0.2, 0) is 9.53 Å². The van der Waals surface area contributed by atoms with Gasteiger partial charge >= 0.3 is 0 Å². The lowest BCUT2D eigenvalue weighted by Crippen LogP contribution is -2.15. The van der Waals surface area contributed by atoms with Crippen molar-refractivity contribution in [3.05, 3.63) is 18.2 Å². The van der Waals surface area contributed by atoms with Crippen LogP contribution in [0.2, 0.25) is 0 Å². The molecule has 0 fully saturated rings. The number of unbranched alkanes of at least 4 members (excludes halogenated alkanes) is 1. The minimum atomic E-state index is -0.0976. The van der Waals surface area contributed by atoms with Gasteiger partial charge in [0.25, 0.3) is 0 Å². The van der Waals surface area contributed by atoms with E-state index in [1.807, 2.05) is 0 Å². The topological polar surface area (TPSA) is 73.6 Å². The van der Waals surface area contributed by atoms with Crippen LogP contribution in [0.25, 0.3) is 0 Å². The summed E-state index contributed by atoms with van der Waals surface area (Å²) in [5, 5.41) is 2.78. The maximum absolute atomic E-state index is 11.7. The summed E-state index contributed by atoms with van der Waals surface area (Å²) >= 11 is 0. The van der Waals surface area contributed by atoms with Crippen LogP contribution < -0.4 is 15.8 Å². The molecule has 1 aromatic rings. The molecule has 19 heavy (non-hydrogen) atoms. The highest BCUT2D eigenvalue weighted by Crippen LogP contribution is 2.26. The van der Waals surface area contributed by atoms with Crippen LogP contribution in [-0.4, -0.2) is 26.2 Å². The summed E-state index contributed by atoms with van der Waals surface area (Å²) in [6.45, 7) is 3.24. The van der Waals surface area contributed by atoms with E-state index in [2.05, 4.69) is 12.2 Å². The smallest absolute Gasteiger partial charge is 0.226 e. The van der Waals surface area contributed by atoms with Crippen molar-refractivity contribution in [3.63, 3.8) is 0 Å². The van der Waals surface area contributed by atoms with Crippen LogP contribution in [0.1, 0.15) is 26.2 Å². The zero-order valence-corrected chi connectivity index (χ0v) is 11.6. The van der Waals surface area contributed by atoms with Crippen molar-refractivity contribution in [3.8, 4) is 5.75 Å². The van der Waals surface area contributed by atoms with E-state index in [1.165, 1.54) is 7.11 Å². The molecule has 5 nitrogen and oxygen atoms in total. The predicted octanol–water partition coefficient (Wildman–Crippen LogP) is 2.42. The van der Waals surface area contributed by atoms with E-state index in [4.69, 9.17) is 15.2 Å². The minimum Gasteiger partial charge on any atom is -0.494 e. The highest BCUT2D eigenvalue weighted by atomic mass is 16.5. The van der Waals surface area contributed by atoms with Crippen molar-refractivity contribution < 1.29 is 14.3 Å². The number of nitrogens with one attached hydrogen (secondary N) is 1. The number of nitrogen functional groups attached to an aromatic ring is 1. The highest BCUT2D eigenvalue weighted by molar-refractivity contribution is 5.92. The average molecular weight is 266 g/mol. The monoisotopic (exact) mass is 266 g/mol. The quantitative estimate of drug-likeness (QED) is 0.560. The molecule has 3 N–H and O–H groups in total. The summed E-state index contributed by atoms with van der Waals surface area (Å²) in [7, 11) is 1.54. The number of benzene rings is 1. The number of nitrogens with two attached hydrogens (primary N) is 1. The number of carbonyl (C=O) groups is 1. The molecule has 0 saturated heterocycles. The van der Waals surface area contributed by atoms with Crippen LogP contribution >= 0.6 is 0 Å². The second kappa shape index (κ2) is 8.37. The molecule has 0 spiro atoms. The van der Waals surface area contributed by atoms with Crippen LogP contribution in [0.5, 0.6) is 5.75 Å². The highest BCUT2D eigenvalue weighted by Gasteiger charge is 2.07. The molecule has 0 unspecified atom stereocenters. The molecule has 0 bridgehead atoms. The fourth-order valence-electron chi connectivity index (χ4n) is 1.54. The van der Waals surface area contributed by atoms with Crippen LogP contribution in [0.3, 0.4) is 0 Å². The fourth-order valence-corrected chi connectivity index (χ4v) is 1.54. The van der Waals surface area contributed by atoms with Crippen molar-refractivity contribution in [2.45, 2.75) is 26.2 Å². The first-order valence-corrected chi connectivity index (χ1v) is 6.48. The van der Waals surface area contributed by atoms with Gasteiger partial charge in [0.15, 0.2) is 0 Å². The Labute approximate surface area is 114 Å². The van der Waals surface area contributed by atoms with Gasteiger partial charge in [-0.05, 0) is 18.6 Å². The molecule has 0 aliphatic heterocycles. The Kier molecular flexibility index (Phi) is 6.74. The third-order valence-electron chi connectivity index (χ3n) is 2.62. The SMILES string of the molecule is CCCCOCCC(=O)Nc1ccc(N)cc1OC. The lowest BCUT2D eigenvalue weighted by molar-refractivity contribution is -0.117. The van der Waals surface area contributed by atoms with Gasteiger partial charge in [-0.2, -0.15) is 0 Å². The van der Waals surface area contributed by atoms with Gasteiger partial charge in [0.1, 0.15) is 5.75 Å². The Balaban J connectivity index is 2.39. The van der Waals surface area contributed by atoms with Crippen molar-refractivity contribution in [2.24, 2.45) is 0 Å². The third-order valence-corrected chi connectivity index (χ3v) is 2.62. The van der Waals surface area contributed by atoms with Gasteiger partial charge in [-0.3, -0.25) is 4.79 Å². The summed E-state index contributed by atoms with van der Waals surface area (Å²) in [6.07, 6.45) is 2.44. The Morgan fingerprint density at radius 2 is 2.16 bits per heavy atom. The Hall–Kier alpha value is -1.75. The second-order valence-electron chi connectivity index (χ2n) is 4.22. The number of carbonyl (C=O) groups excluding carboxylic acids is 1. The number of hydrogen-bond acceptors (Lipinski definition) is 4. The molecule has 0 saturated carbocycles. The van der Waals surface area contributed by atoms with Gasteiger partial charge in [0, 0.05) is 18.4 Å². The number of anilines is 2. The fraction of sp³-hybridized carbons (Fsp3) is 0.500. The van der Waals surface area contributed by atoms with Gasteiger partial charge in [-0.25, -0.2) is 0 Å². The Morgan fingerprint density at radius 3 is 2.84 bits per heavy atom. The van der Waals surface area contributed by atoms with Crippen molar-refractivity contribution >= 4 is 17.3 Å². The summed E-state index contributed by atoms with van der Waals surface area (Å²) in [4.78, 5) is 11.7. The van der Waals surface area contributed by atoms with Crippen molar-refractivity contribution in [1.29, 1.82) is 0 Å². The Bertz CT molecular complexity index is 408. The molecule has 5 heteroatoms. The minimum absolute atomic E-state index is 0.0976. The number of amides is 1. The van der Waals surface area contributed by atoms with Crippen LogP contribution in [0, 0.1) is 0 Å². The lowest BCUT2D eigenvalue weighted by atomic mass is 10.2. The van der Waals surface area contributed by atoms with E-state index in [0.717, 1.165) is 12.8 Å². The van der Waals surface area contributed by atoms with Gasteiger partial charge < -0.3 is 20.5 Å². The zero-order chi connectivity index (χ0) is 14.1. The number of hydrogen-bond donors (Lipinski definition) is 2. The Morgan fingerprint density at radius 1 is 1.37 bits per heavy atom. The zero-order valence-electron chi connectivity index (χ0n) is 11.6. The van der Waals surface area contributed by atoms with E-state index in [0.29, 0.717) is 36.8 Å². The largest absolute Gasteiger partial charge is 0.494 e. The molecule has 0 radical (unpaired) electrons. The predicted molar refractivity (Wildman–Crippen MR) is 76.4 cm³/mol. The third kappa shape index (κ3) is 5.61. The standard InChI is InChI=1S/C14H22N2O3/c1-3-4-8-19-9-7-14(17)16-12-6-5-11(15)10-13(12)18-2/h5-6,10H,3-4,7-9,15H2,1-2H3,(H,16,17). The molecule has 0 aliphatic carbocycles. The maximum atomic E-state index is 11.7. The summed E-state index contributed by atoms with van der Waals surface area (Å²) in [5.74, 6) is 0.458. The van der Waals surface area contributed by atoms with E-state index < -0.39 is 0 Å². The molecular formula is C14H22N2O3. The number of ether oxygens (including phenoxy) is 2. The van der Waals surface area contributed by atoms with Gasteiger partial charge in [0.05, 0.1) is 25.8 Å². The normalized spacial score (nSPS) is 10.2.